The molecule has 0 unspecified atom stereocenters. The van der Waals surface area contributed by atoms with E-state index in [0.717, 1.165) is 22.7 Å². The molecule has 1 amide bonds. The highest BCUT2D eigenvalue weighted by Crippen LogP contribution is 2.23. The number of amides is 1. The van der Waals surface area contributed by atoms with Gasteiger partial charge < -0.3 is 14.1 Å². The van der Waals surface area contributed by atoms with Gasteiger partial charge in [-0.3, -0.25) is 14.8 Å². The molecule has 0 spiro atoms. The minimum Gasteiger partial charge on any atom is -0.484 e. The lowest BCUT2D eigenvalue weighted by atomic mass is 10.1. The van der Waals surface area contributed by atoms with Gasteiger partial charge in [-0.1, -0.05) is 18.2 Å². The van der Waals surface area contributed by atoms with Crippen molar-refractivity contribution in [3.63, 3.8) is 0 Å². The molecule has 144 valence electrons. The summed E-state index contributed by atoms with van der Waals surface area (Å²) in [6.07, 6.45) is 3.92. The summed E-state index contributed by atoms with van der Waals surface area (Å²) in [6.45, 7) is 1.25. The van der Waals surface area contributed by atoms with Gasteiger partial charge in [0, 0.05) is 30.9 Å². The Morgan fingerprint density at radius 2 is 1.90 bits per heavy atom. The highest BCUT2D eigenvalue weighted by molar-refractivity contribution is 5.97. The molecule has 4 aromatic rings. The van der Waals surface area contributed by atoms with Gasteiger partial charge in [0.2, 0.25) is 5.89 Å². The fraction of sp³-hybridized carbons (Fsp3) is 0.182. The second-order valence-electron chi connectivity index (χ2n) is 6.82. The van der Waals surface area contributed by atoms with Crippen molar-refractivity contribution in [1.29, 1.82) is 0 Å². The molecule has 1 aliphatic rings. The van der Waals surface area contributed by atoms with Gasteiger partial charge in [-0.15, -0.1) is 0 Å². The number of fused-ring (bicyclic) bond motifs is 2. The Morgan fingerprint density at radius 1 is 1.07 bits per heavy atom. The summed E-state index contributed by atoms with van der Waals surface area (Å²) in [4.78, 5) is 27.8. The minimum atomic E-state index is -0.0540. The van der Waals surface area contributed by atoms with Crippen LogP contribution in [0.25, 0.3) is 11.0 Å². The van der Waals surface area contributed by atoms with Crippen LogP contribution in [0.3, 0.4) is 0 Å². The van der Waals surface area contributed by atoms with Gasteiger partial charge in [0.05, 0.1) is 23.3 Å². The van der Waals surface area contributed by atoms with Crippen molar-refractivity contribution >= 4 is 16.9 Å². The minimum absolute atomic E-state index is 0.0540. The molecule has 7 nitrogen and oxygen atoms in total. The van der Waals surface area contributed by atoms with Crippen LogP contribution < -0.4 is 4.74 Å². The van der Waals surface area contributed by atoms with E-state index in [1.54, 1.807) is 29.4 Å². The van der Waals surface area contributed by atoms with Gasteiger partial charge in [0.1, 0.15) is 11.5 Å². The molecule has 2 aromatic carbocycles. The predicted molar refractivity (Wildman–Crippen MR) is 105 cm³/mol. The van der Waals surface area contributed by atoms with Crippen LogP contribution in [-0.4, -0.2) is 32.3 Å². The largest absolute Gasteiger partial charge is 0.484 e. The van der Waals surface area contributed by atoms with E-state index in [1.165, 1.54) is 0 Å². The Hall–Kier alpha value is -3.74. The number of para-hydroxylation sites is 1. The lowest BCUT2D eigenvalue weighted by molar-refractivity contribution is 0.0718. The van der Waals surface area contributed by atoms with Gasteiger partial charge in [0.15, 0.2) is 6.61 Å². The second kappa shape index (κ2) is 7.35. The number of nitrogens with zero attached hydrogens (tertiary/aromatic N) is 4. The summed E-state index contributed by atoms with van der Waals surface area (Å²) < 4.78 is 11.6. The third kappa shape index (κ3) is 3.54. The van der Waals surface area contributed by atoms with Gasteiger partial charge in [0.25, 0.3) is 5.91 Å². The van der Waals surface area contributed by atoms with E-state index in [4.69, 9.17) is 9.15 Å². The molecule has 2 aromatic heterocycles. The number of carbonyl (C=O) groups excluding carboxylic acids is 1. The molecular weight excluding hydrogens is 368 g/mol. The standard InChI is InChI=1S/C22H18N4O3/c27-22(15-6-7-17-19(12-15)24-10-9-23-17)26-11-8-18-20(13-26)29-21(25-18)14-28-16-4-2-1-3-5-16/h1-7,9-10,12H,8,11,13-14H2. The molecule has 0 N–H and O–H groups in total. The topological polar surface area (TPSA) is 81.4 Å². The fourth-order valence-electron chi connectivity index (χ4n) is 3.42. The van der Waals surface area contributed by atoms with Crippen molar-refractivity contribution in [2.24, 2.45) is 0 Å². The Bertz CT molecular complexity index is 1170. The van der Waals surface area contributed by atoms with E-state index in [9.17, 15) is 4.79 Å². The Labute approximate surface area is 167 Å². The van der Waals surface area contributed by atoms with E-state index in [2.05, 4.69) is 15.0 Å². The zero-order chi connectivity index (χ0) is 19.6. The molecule has 0 fully saturated rings. The quantitative estimate of drug-likeness (QED) is 0.535. The molecule has 29 heavy (non-hydrogen) atoms. The van der Waals surface area contributed by atoms with Crippen molar-refractivity contribution in [2.75, 3.05) is 6.54 Å². The zero-order valence-corrected chi connectivity index (χ0v) is 15.6. The maximum Gasteiger partial charge on any atom is 0.254 e. The maximum absolute atomic E-state index is 13.0. The number of hydrogen-bond acceptors (Lipinski definition) is 6. The molecule has 3 heterocycles. The van der Waals surface area contributed by atoms with E-state index in [0.29, 0.717) is 36.5 Å². The summed E-state index contributed by atoms with van der Waals surface area (Å²) in [5.41, 5.74) is 2.96. The summed E-state index contributed by atoms with van der Waals surface area (Å²) >= 11 is 0. The average molecular weight is 386 g/mol. The van der Waals surface area contributed by atoms with Crippen molar-refractivity contribution in [1.82, 2.24) is 19.9 Å². The number of aromatic nitrogens is 3. The zero-order valence-electron chi connectivity index (χ0n) is 15.6. The first-order chi connectivity index (χ1) is 14.3. The number of benzene rings is 2. The van der Waals surface area contributed by atoms with Crippen LogP contribution in [0, 0.1) is 0 Å². The lowest BCUT2D eigenvalue weighted by Crippen LogP contribution is -2.35. The number of hydrogen-bond donors (Lipinski definition) is 0. The highest BCUT2D eigenvalue weighted by Gasteiger charge is 2.26. The van der Waals surface area contributed by atoms with Gasteiger partial charge >= 0.3 is 0 Å². The number of oxazole rings is 1. The molecule has 0 saturated carbocycles. The highest BCUT2D eigenvalue weighted by atomic mass is 16.5. The third-order valence-corrected chi connectivity index (χ3v) is 4.88. The number of rotatable bonds is 4. The maximum atomic E-state index is 13.0. The molecule has 7 heteroatoms. The molecule has 1 aliphatic heterocycles. The SMILES string of the molecule is O=C(c1ccc2nccnc2c1)N1CCc2nc(COc3ccccc3)oc2C1. The summed E-state index contributed by atoms with van der Waals surface area (Å²) in [5.74, 6) is 1.95. The van der Waals surface area contributed by atoms with Crippen LogP contribution in [0.2, 0.25) is 0 Å². The van der Waals surface area contributed by atoms with Crippen LogP contribution in [0.5, 0.6) is 5.75 Å². The van der Waals surface area contributed by atoms with E-state index < -0.39 is 0 Å². The van der Waals surface area contributed by atoms with E-state index in [1.807, 2.05) is 36.4 Å². The Morgan fingerprint density at radius 3 is 2.76 bits per heavy atom. The van der Waals surface area contributed by atoms with Crippen molar-refractivity contribution in [3.8, 4) is 5.75 Å². The van der Waals surface area contributed by atoms with Crippen LogP contribution in [0.1, 0.15) is 27.7 Å². The van der Waals surface area contributed by atoms with Crippen molar-refractivity contribution < 1.29 is 13.9 Å². The van der Waals surface area contributed by atoms with Gasteiger partial charge in [-0.05, 0) is 30.3 Å². The molecule has 0 aliphatic carbocycles. The van der Waals surface area contributed by atoms with Crippen LogP contribution in [0.15, 0.2) is 65.3 Å². The lowest BCUT2D eigenvalue weighted by Gasteiger charge is -2.25. The number of ether oxygens (including phenoxy) is 1. The average Bonchev–Trinajstić information content (AvgIpc) is 3.20. The smallest absolute Gasteiger partial charge is 0.254 e. The van der Waals surface area contributed by atoms with E-state index >= 15 is 0 Å². The molecule has 5 rings (SSSR count). The predicted octanol–water partition coefficient (Wildman–Crippen LogP) is 3.40. The monoisotopic (exact) mass is 386 g/mol. The third-order valence-electron chi connectivity index (χ3n) is 4.88. The Balaban J connectivity index is 1.30. The normalized spacial score (nSPS) is 13.3. The first-order valence-corrected chi connectivity index (χ1v) is 9.41. The molecular formula is C22H18N4O3. The van der Waals surface area contributed by atoms with Crippen molar-refractivity contribution in [3.05, 3.63) is 83.8 Å². The van der Waals surface area contributed by atoms with Gasteiger partial charge in [-0.25, -0.2) is 4.98 Å². The van der Waals surface area contributed by atoms with Crippen LogP contribution >= 0.6 is 0 Å². The molecule has 0 radical (unpaired) electrons. The Kier molecular flexibility index (Phi) is 4.40. The summed E-state index contributed by atoms with van der Waals surface area (Å²) in [6, 6.07) is 14.9. The molecule has 0 saturated heterocycles. The van der Waals surface area contributed by atoms with Crippen LogP contribution in [-0.2, 0) is 19.6 Å². The molecule has 0 atom stereocenters. The van der Waals surface area contributed by atoms with Gasteiger partial charge in [-0.2, -0.15) is 0 Å². The second-order valence-corrected chi connectivity index (χ2v) is 6.82. The fourth-order valence-corrected chi connectivity index (χ4v) is 3.42. The summed E-state index contributed by atoms with van der Waals surface area (Å²) in [7, 11) is 0. The van der Waals surface area contributed by atoms with E-state index in [-0.39, 0.29) is 12.5 Å². The van der Waals surface area contributed by atoms with Crippen LogP contribution in [0.4, 0.5) is 0 Å². The summed E-state index contributed by atoms with van der Waals surface area (Å²) in [5, 5.41) is 0. The first-order valence-electron chi connectivity index (χ1n) is 9.41. The number of carbonyl (C=O) groups is 1. The van der Waals surface area contributed by atoms with Crippen molar-refractivity contribution in [2.45, 2.75) is 19.6 Å². The molecule has 0 bridgehead atoms. The first kappa shape index (κ1) is 17.4.